The average Bonchev–Trinajstić information content (AvgIpc) is 2.28. The third-order valence-electron chi connectivity index (χ3n) is 2.86. The molecule has 0 aromatic heterocycles. The molecule has 96 valence electrons. The Hall–Kier alpha value is -0.930. The minimum atomic E-state index is -0.787. The van der Waals surface area contributed by atoms with E-state index < -0.39 is 6.10 Å². The third-order valence-corrected chi connectivity index (χ3v) is 2.86. The lowest BCUT2D eigenvalue weighted by Gasteiger charge is -2.26. The fraction of sp³-hybridized carbons (Fsp3) is 0.571. The molecule has 1 N–H and O–H groups in total. The lowest BCUT2D eigenvalue weighted by Crippen LogP contribution is -2.28. The van der Waals surface area contributed by atoms with E-state index in [1.54, 1.807) is 19.1 Å². The summed E-state index contributed by atoms with van der Waals surface area (Å²) in [6, 6.07) is 4.81. The van der Waals surface area contributed by atoms with Crippen LogP contribution in [0.1, 0.15) is 38.0 Å². The Balaban J connectivity index is 2.92. The highest BCUT2D eigenvalue weighted by molar-refractivity contribution is 5.25. The number of aliphatic hydroxyl groups excluding tert-OH is 1. The molecule has 0 radical (unpaired) electrons. The van der Waals surface area contributed by atoms with E-state index in [9.17, 15) is 9.50 Å². The van der Waals surface area contributed by atoms with Crippen molar-refractivity contribution in [1.29, 1.82) is 0 Å². The van der Waals surface area contributed by atoms with Crippen LogP contribution in [-0.2, 0) is 4.74 Å². The van der Waals surface area contributed by atoms with Gasteiger partial charge in [0.1, 0.15) is 11.9 Å². The van der Waals surface area contributed by atoms with Gasteiger partial charge in [0.25, 0.3) is 0 Å². The predicted molar refractivity (Wildman–Crippen MR) is 66.3 cm³/mol. The summed E-state index contributed by atoms with van der Waals surface area (Å²) in [6.07, 6.45) is -1.09. The first-order valence-electron chi connectivity index (χ1n) is 6.03. The minimum Gasteiger partial charge on any atom is -0.386 e. The maximum atomic E-state index is 13.4. The molecule has 0 saturated carbocycles. The van der Waals surface area contributed by atoms with E-state index in [1.165, 1.54) is 6.07 Å². The highest BCUT2D eigenvalue weighted by Crippen LogP contribution is 2.25. The van der Waals surface area contributed by atoms with Crippen molar-refractivity contribution >= 4 is 0 Å². The summed E-state index contributed by atoms with van der Waals surface area (Å²) in [5.41, 5.74) is 1.15. The Morgan fingerprint density at radius 3 is 2.47 bits per heavy atom. The van der Waals surface area contributed by atoms with E-state index in [0.29, 0.717) is 17.7 Å². The summed E-state index contributed by atoms with van der Waals surface area (Å²) < 4.78 is 19.0. The molecule has 1 aromatic carbocycles. The Morgan fingerprint density at radius 1 is 1.35 bits per heavy atom. The second-order valence-corrected chi connectivity index (χ2v) is 4.62. The number of aryl methyl sites for hydroxylation is 1. The zero-order valence-electron chi connectivity index (χ0n) is 10.9. The number of hydrogen-bond acceptors (Lipinski definition) is 2. The molecular weight excluding hydrogens is 219 g/mol. The minimum absolute atomic E-state index is 0.175. The quantitative estimate of drug-likeness (QED) is 0.856. The molecule has 0 aliphatic rings. The van der Waals surface area contributed by atoms with Crippen LogP contribution in [-0.4, -0.2) is 17.8 Å². The smallest absolute Gasteiger partial charge is 0.126 e. The largest absolute Gasteiger partial charge is 0.386 e. The third kappa shape index (κ3) is 3.51. The standard InChI is InChI=1S/C14H21FO2/c1-5-17-14(9(2)3)13(16)11-7-6-10(4)12(15)8-11/h6-9,13-14,16H,5H2,1-4H3. The molecule has 0 bridgehead atoms. The maximum absolute atomic E-state index is 13.4. The Labute approximate surface area is 102 Å². The number of aliphatic hydroxyl groups is 1. The van der Waals surface area contributed by atoms with E-state index in [2.05, 4.69) is 0 Å². The highest BCUT2D eigenvalue weighted by Gasteiger charge is 2.24. The highest BCUT2D eigenvalue weighted by atomic mass is 19.1. The van der Waals surface area contributed by atoms with Crippen molar-refractivity contribution in [3.8, 4) is 0 Å². The zero-order chi connectivity index (χ0) is 13.0. The van der Waals surface area contributed by atoms with Crippen LogP contribution in [0.4, 0.5) is 4.39 Å². The molecule has 0 saturated heterocycles. The van der Waals surface area contributed by atoms with Gasteiger partial charge in [-0.2, -0.15) is 0 Å². The molecule has 2 unspecified atom stereocenters. The Kier molecular flexibility index (Phi) is 5.09. The van der Waals surface area contributed by atoms with Gasteiger partial charge in [0.05, 0.1) is 6.10 Å². The normalized spacial score (nSPS) is 15.0. The van der Waals surface area contributed by atoms with E-state index in [1.807, 2.05) is 20.8 Å². The monoisotopic (exact) mass is 240 g/mol. The molecule has 0 spiro atoms. The van der Waals surface area contributed by atoms with Gasteiger partial charge in [0.2, 0.25) is 0 Å². The topological polar surface area (TPSA) is 29.5 Å². The van der Waals surface area contributed by atoms with E-state index >= 15 is 0 Å². The van der Waals surface area contributed by atoms with Gasteiger partial charge in [-0.05, 0) is 37.0 Å². The van der Waals surface area contributed by atoms with E-state index in [0.717, 1.165) is 0 Å². The van der Waals surface area contributed by atoms with Gasteiger partial charge in [-0.15, -0.1) is 0 Å². The summed E-state index contributed by atoms with van der Waals surface area (Å²) in [5, 5.41) is 10.2. The van der Waals surface area contributed by atoms with Crippen molar-refractivity contribution < 1.29 is 14.2 Å². The number of hydrogen-bond donors (Lipinski definition) is 1. The summed E-state index contributed by atoms with van der Waals surface area (Å²) >= 11 is 0. The number of rotatable bonds is 5. The van der Waals surface area contributed by atoms with Gasteiger partial charge in [-0.1, -0.05) is 26.0 Å². The van der Waals surface area contributed by atoms with Crippen LogP contribution >= 0.6 is 0 Å². The molecule has 3 heteroatoms. The predicted octanol–water partition coefficient (Wildman–Crippen LogP) is 3.23. The second-order valence-electron chi connectivity index (χ2n) is 4.62. The second kappa shape index (κ2) is 6.12. The number of benzene rings is 1. The van der Waals surface area contributed by atoms with Gasteiger partial charge >= 0.3 is 0 Å². The Bertz CT molecular complexity index is 363. The van der Waals surface area contributed by atoms with Crippen molar-refractivity contribution in [2.24, 2.45) is 5.92 Å². The Morgan fingerprint density at radius 2 is 2.00 bits per heavy atom. The van der Waals surface area contributed by atoms with Crippen LogP contribution in [0, 0.1) is 18.7 Å². The number of halogens is 1. The van der Waals surface area contributed by atoms with Gasteiger partial charge in [0, 0.05) is 6.61 Å². The van der Waals surface area contributed by atoms with Crippen LogP contribution in [0.3, 0.4) is 0 Å². The van der Waals surface area contributed by atoms with Crippen molar-refractivity contribution in [2.45, 2.75) is 39.9 Å². The summed E-state index contributed by atoms with van der Waals surface area (Å²) in [5.74, 6) is -0.116. The average molecular weight is 240 g/mol. The van der Waals surface area contributed by atoms with Crippen LogP contribution in [0.2, 0.25) is 0 Å². The van der Waals surface area contributed by atoms with E-state index in [-0.39, 0.29) is 17.8 Å². The molecule has 2 atom stereocenters. The summed E-state index contributed by atoms with van der Waals surface area (Å²) in [4.78, 5) is 0. The van der Waals surface area contributed by atoms with Crippen LogP contribution < -0.4 is 0 Å². The first-order chi connectivity index (χ1) is 7.97. The molecule has 17 heavy (non-hydrogen) atoms. The van der Waals surface area contributed by atoms with Gasteiger partial charge < -0.3 is 9.84 Å². The lowest BCUT2D eigenvalue weighted by molar-refractivity contribution is -0.0586. The summed E-state index contributed by atoms with van der Waals surface area (Å²) in [6.45, 7) is 8.09. The first kappa shape index (κ1) is 14.1. The summed E-state index contributed by atoms with van der Waals surface area (Å²) in [7, 11) is 0. The molecule has 0 amide bonds. The molecule has 1 aromatic rings. The van der Waals surface area contributed by atoms with Gasteiger partial charge in [0.15, 0.2) is 0 Å². The van der Waals surface area contributed by atoms with Crippen LogP contribution in [0.15, 0.2) is 18.2 Å². The van der Waals surface area contributed by atoms with Crippen molar-refractivity contribution in [3.05, 3.63) is 35.1 Å². The number of ether oxygens (including phenoxy) is 1. The van der Waals surface area contributed by atoms with Crippen molar-refractivity contribution in [1.82, 2.24) is 0 Å². The molecular formula is C14H21FO2. The molecule has 0 heterocycles. The zero-order valence-corrected chi connectivity index (χ0v) is 10.9. The van der Waals surface area contributed by atoms with Crippen LogP contribution in [0.5, 0.6) is 0 Å². The fourth-order valence-corrected chi connectivity index (χ4v) is 1.82. The van der Waals surface area contributed by atoms with E-state index in [4.69, 9.17) is 4.74 Å². The maximum Gasteiger partial charge on any atom is 0.126 e. The molecule has 1 rings (SSSR count). The molecule has 0 fully saturated rings. The van der Waals surface area contributed by atoms with Crippen molar-refractivity contribution in [3.63, 3.8) is 0 Å². The fourth-order valence-electron chi connectivity index (χ4n) is 1.82. The molecule has 0 aliphatic heterocycles. The first-order valence-corrected chi connectivity index (χ1v) is 6.03. The molecule has 0 aliphatic carbocycles. The lowest BCUT2D eigenvalue weighted by atomic mass is 9.95. The van der Waals surface area contributed by atoms with Gasteiger partial charge in [-0.3, -0.25) is 0 Å². The van der Waals surface area contributed by atoms with Crippen LogP contribution in [0.25, 0.3) is 0 Å². The molecule has 2 nitrogen and oxygen atoms in total. The SMILES string of the molecule is CCOC(C(C)C)C(O)c1ccc(C)c(F)c1. The van der Waals surface area contributed by atoms with Gasteiger partial charge in [-0.25, -0.2) is 4.39 Å². The van der Waals surface area contributed by atoms with Crippen molar-refractivity contribution in [2.75, 3.05) is 6.61 Å².